The van der Waals surface area contributed by atoms with Gasteiger partial charge in [0.2, 0.25) is 0 Å². The summed E-state index contributed by atoms with van der Waals surface area (Å²) in [6, 6.07) is 8.73. The van der Waals surface area contributed by atoms with Gasteiger partial charge >= 0.3 is 0 Å². The molecule has 0 aliphatic carbocycles. The van der Waals surface area contributed by atoms with Gasteiger partial charge in [0.1, 0.15) is 17.9 Å². The van der Waals surface area contributed by atoms with Gasteiger partial charge in [-0.2, -0.15) is 5.10 Å². The summed E-state index contributed by atoms with van der Waals surface area (Å²) < 4.78 is 7.79. The smallest absolute Gasteiger partial charge is 0.191 e. The molecule has 1 unspecified atom stereocenters. The Bertz CT molecular complexity index is 824. The molecule has 1 aliphatic rings. The minimum Gasteiger partial charge on any atom is -0.493 e. The lowest BCUT2D eigenvalue weighted by molar-refractivity contribution is 0.271. The maximum atomic E-state index is 5.81. The molecule has 0 fully saturated rings. The molecule has 3 rings (SSSR count). The predicted octanol–water partition coefficient (Wildman–Crippen LogP) is 3.16. The number of nitrogens with zero attached hydrogens (tertiary/aromatic N) is 4. The Kier molecular flexibility index (Phi) is 7.34. The van der Waals surface area contributed by atoms with Crippen molar-refractivity contribution in [2.75, 3.05) is 19.7 Å². The molecule has 2 aromatic rings. The normalized spacial score (nSPS) is 17.0. The highest BCUT2D eigenvalue weighted by atomic mass is 16.5. The molecule has 1 aromatic heterocycles. The van der Waals surface area contributed by atoms with E-state index in [1.165, 1.54) is 5.56 Å². The Morgan fingerprint density at radius 3 is 2.77 bits per heavy atom. The first-order valence-electron chi connectivity index (χ1n) is 11.0. The molecule has 0 bridgehead atoms. The van der Waals surface area contributed by atoms with Crippen molar-refractivity contribution in [2.45, 2.75) is 65.5 Å². The summed E-state index contributed by atoms with van der Waals surface area (Å²) >= 11 is 0. The highest BCUT2D eigenvalue weighted by Gasteiger charge is 2.23. The Balaban J connectivity index is 1.61. The maximum absolute atomic E-state index is 5.81. The number of guanidine groups is 1. The molecule has 0 amide bonds. The second-order valence-electron chi connectivity index (χ2n) is 9.05. The zero-order valence-corrected chi connectivity index (χ0v) is 19.0. The highest BCUT2D eigenvalue weighted by molar-refractivity contribution is 5.80. The minimum absolute atomic E-state index is 0.0788. The van der Waals surface area contributed by atoms with E-state index in [4.69, 9.17) is 9.73 Å². The van der Waals surface area contributed by atoms with Crippen molar-refractivity contribution in [3.05, 3.63) is 42.0 Å². The van der Waals surface area contributed by atoms with E-state index >= 15 is 0 Å². The van der Waals surface area contributed by atoms with Gasteiger partial charge in [-0.3, -0.25) is 4.99 Å². The first-order chi connectivity index (χ1) is 14.4. The van der Waals surface area contributed by atoms with Crippen molar-refractivity contribution in [3.63, 3.8) is 0 Å². The molecule has 164 valence electrons. The molecule has 0 saturated carbocycles. The monoisotopic (exact) mass is 412 g/mol. The van der Waals surface area contributed by atoms with Crippen LogP contribution in [-0.2, 0) is 18.4 Å². The summed E-state index contributed by atoms with van der Waals surface area (Å²) in [6.07, 6.45) is 3.61. The molecule has 0 radical (unpaired) electrons. The van der Waals surface area contributed by atoms with E-state index in [1.54, 1.807) is 6.33 Å². The Morgan fingerprint density at radius 1 is 1.30 bits per heavy atom. The minimum atomic E-state index is -0.0788. The van der Waals surface area contributed by atoms with E-state index < -0.39 is 0 Å². The van der Waals surface area contributed by atoms with Crippen LogP contribution in [-0.4, -0.2) is 46.5 Å². The number of benzene rings is 1. The fourth-order valence-corrected chi connectivity index (χ4v) is 3.50. The van der Waals surface area contributed by atoms with Crippen molar-refractivity contribution in [3.8, 4) is 5.75 Å². The first kappa shape index (κ1) is 22.1. The number of aryl methyl sites for hydroxylation is 1. The predicted molar refractivity (Wildman–Crippen MR) is 121 cm³/mol. The fourth-order valence-electron chi connectivity index (χ4n) is 3.50. The molecule has 1 aromatic carbocycles. The second-order valence-corrected chi connectivity index (χ2v) is 9.05. The summed E-state index contributed by atoms with van der Waals surface area (Å²) in [4.78, 5) is 9.20. The Hall–Kier alpha value is -2.57. The Labute approximate surface area is 180 Å². The molecule has 1 atom stereocenters. The van der Waals surface area contributed by atoms with E-state index in [1.807, 2.05) is 4.68 Å². The molecule has 2 N–H and O–H groups in total. The van der Waals surface area contributed by atoms with Crippen molar-refractivity contribution >= 4 is 5.96 Å². The third-order valence-electron chi connectivity index (χ3n) is 5.34. The molecule has 2 heterocycles. The molecule has 7 heteroatoms. The van der Waals surface area contributed by atoms with E-state index in [2.05, 4.69) is 79.6 Å². The summed E-state index contributed by atoms with van der Waals surface area (Å²) in [7, 11) is 0. The molecule has 0 spiro atoms. The third kappa shape index (κ3) is 5.97. The number of aromatic nitrogens is 3. The number of rotatable bonds is 8. The van der Waals surface area contributed by atoms with Crippen LogP contribution in [0.4, 0.5) is 0 Å². The van der Waals surface area contributed by atoms with Crippen molar-refractivity contribution in [2.24, 2.45) is 10.9 Å². The number of nitrogens with one attached hydrogen (secondary N) is 2. The highest BCUT2D eigenvalue weighted by Crippen LogP contribution is 2.26. The number of hydrogen-bond donors (Lipinski definition) is 2. The largest absolute Gasteiger partial charge is 0.493 e. The van der Waals surface area contributed by atoms with Crippen molar-refractivity contribution < 1.29 is 4.74 Å². The zero-order valence-electron chi connectivity index (χ0n) is 19.0. The van der Waals surface area contributed by atoms with Gasteiger partial charge in [-0.25, -0.2) is 9.67 Å². The van der Waals surface area contributed by atoms with Crippen molar-refractivity contribution in [1.29, 1.82) is 0 Å². The van der Waals surface area contributed by atoms with Crippen LogP contribution in [0.15, 0.2) is 35.6 Å². The number of aliphatic imine (C=N–C) groups is 1. The Morgan fingerprint density at radius 2 is 2.07 bits per heavy atom. The molecule has 1 aliphatic heterocycles. The third-order valence-corrected chi connectivity index (χ3v) is 5.34. The van der Waals surface area contributed by atoms with E-state index in [0.29, 0.717) is 18.5 Å². The van der Waals surface area contributed by atoms with Crippen LogP contribution in [0.25, 0.3) is 0 Å². The van der Waals surface area contributed by atoms with Crippen LogP contribution in [0.1, 0.15) is 52.4 Å². The van der Waals surface area contributed by atoms with Crippen LogP contribution < -0.4 is 15.4 Å². The summed E-state index contributed by atoms with van der Waals surface area (Å²) in [5.41, 5.74) is 1.17. The van der Waals surface area contributed by atoms with E-state index in [9.17, 15) is 0 Å². The quantitative estimate of drug-likeness (QED) is 0.514. The molecule has 30 heavy (non-hydrogen) atoms. The average molecular weight is 413 g/mol. The van der Waals surface area contributed by atoms with Crippen LogP contribution in [0.3, 0.4) is 0 Å². The first-order valence-corrected chi connectivity index (χ1v) is 11.0. The van der Waals surface area contributed by atoms with E-state index in [0.717, 1.165) is 50.1 Å². The van der Waals surface area contributed by atoms with Crippen molar-refractivity contribution in [1.82, 2.24) is 25.4 Å². The summed E-state index contributed by atoms with van der Waals surface area (Å²) in [6.45, 7) is 13.9. The van der Waals surface area contributed by atoms with Gasteiger partial charge in [0, 0.05) is 24.4 Å². The molecule has 0 saturated heterocycles. The van der Waals surface area contributed by atoms with Gasteiger partial charge in [0.05, 0.1) is 19.7 Å². The SMILES string of the molecule is CCNC(=NCC(C)(C)c1ccc(OCC(C)C)cc1)NC1CCc2ncnn2C1. The zero-order chi connectivity index (χ0) is 21.6. The van der Waals surface area contributed by atoms with Gasteiger partial charge in [-0.15, -0.1) is 0 Å². The van der Waals surface area contributed by atoms with Gasteiger partial charge in [0.25, 0.3) is 0 Å². The standard InChI is InChI=1S/C23H36N6O/c1-6-24-22(28-19-9-12-21-26-16-27-29(21)13-19)25-15-23(4,5)18-7-10-20(11-8-18)30-14-17(2)3/h7-8,10-11,16-17,19H,6,9,12-15H2,1-5H3,(H2,24,25,28). The van der Waals surface area contributed by atoms with Crippen LogP contribution in [0.2, 0.25) is 0 Å². The van der Waals surface area contributed by atoms with Crippen LogP contribution in [0.5, 0.6) is 5.75 Å². The van der Waals surface area contributed by atoms with Gasteiger partial charge < -0.3 is 15.4 Å². The summed E-state index contributed by atoms with van der Waals surface area (Å²) in [5.74, 6) is 3.37. The lowest BCUT2D eigenvalue weighted by Crippen LogP contribution is -2.47. The van der Waals surface area contributed by atoms with Gasteiger partial charge in [-0.1, -0.05) is 39.8 Å². The van der Waals surface area contributed by atoms with Gasteiger partial charge in [-0.05, 0) is 37.0 Å². The lowest BCUT2D eigenvalue weighted by atomic mass is 9.85. The molecular formula is C23H36N6O. The fraction of sp³-hybridized carbons (Fsp3) is 0.609. The van der Waals surface area contributed by atoms with E-state index in [-0.39, 0.29) is 5.41 Å². The van der Waals surface area contributed by atoms with Crippen LogP contribution >= 0.6 is 0 Å². The molecule has 7 nitrogen and oxygen atoms in total. The topological polar surface area (TPSA) is 76.4 Å². The number of hydrogen-bond acceptors (Lipinski definition) is 4. The summed E-state index contributed by atoms with van der Waals surface area (Å²) in [5, 5.41) is 11.3. The molecular weight excluding hydrogens is 376 g/mol. The van der Waals surface area contributed by atoms with Gasteiger partial charge in [0.15, 0.2) is 5.96 Å². The van der Waals surface area contributed by atoms with Crippen LogP contribution in [0, 0.1) is 5.92 Å². The second kappa shape index (κ2) is 9.96. The maximum Gasteiger partial charge on any atom is 0.191 e. The number of ether oxygens (including phenoxy) is 1. The average Bonchev–Trinajstić information content (AvgIpc) is 3.19. The lowest BCUT2D eigenvalue weighted by Gasteiger charge is -2.27. The number of fused-ring (bicyclic) bond motifs is 1.